The molecule has 0 spiro atoms. The Morgan fingerprint density at radius 1 is 1.07 bits per heavy atom. The normalized spacial score (nSPS) is 11.1. The predicted octanol–water partition coefficient (Wildman–Crippen LogP) is 5.01. The van der Waals surface area contributed by atoms with E-state index in [9.17, 15) is 10.1 Å². The molecule has 0 aliphatic heterocycles. The van der Waals surface area contributed by atoms with Crippen molar-refractivity contribution < 1.29 is 4.79 Å². The van der Waals surface area contributed by atoms with Crippen LogP contribution < -0.4 is 10.2 Å². The number of anilines is 2. The van der Waals surface area contributed by atoms with E-state index in [1.807, 2.05) is 71.3 Å². The van der Waals surface area contributed by atoms with Crippen LogP contribution in [0.25, 0.3) is 11.8 Å². The second-order valence-corrected chi connectivity index (χ2v) is 7.51. The van der Waals surface area contributed by atoms with Gasteiger partial charge < -0.3 is 14.8 Å². The van der Waals surface area contributed by atoms with E-state index in [-0.39, 0.29) is 5.57 Å². The molecular weight excluding hydrogens is 372 g/mol. The van der Waals surface area contributed by atoms with Crippen molar-refractivity contribution in [3.8, 4) is 11.8 Å². The first-order valence-corrected chi connectivity index (χ1v) is 9.77. The number of amides is 1. The van der Waals surface area contributed by atoms with Crippen molar-refractivity contribution in [3.63, 3.8) is 0 Å². The lowest BCUT2D eigenvalue weighted by molar-refractivity contribution is -0.112. The molecule has 3 rings (SSSR count). The molecule has 2 aromatic carbocycles. The molecule has 0 aliphatic rings. The first-order chi connectivity index (χ1) is 14.3. The van der Waals surface area contributed by atoms with Crippen molar-refractivity contribution in [1.29, 1.82) is 5.26 Å². The summed E-state index contributed by atoms with van der Waals surface area (Å²) in [5.41, 5.74) is 6.74. The third kappa shape index (κ3) is 4.28. The largest absolute Gasteiger partial charge is 0.378 e. The van der Waals surface area contributed by atoms with Crippen LogP contribution in [0.3, 0.4) is 0 Å². The molecule has 1 heterocycles. The van der Waals surface area contributed by atoms with Gasteiger partial charge in [-0.1, -0.05) is 18.2 Å². The zero-order chi connectivity index (χ0) is 21.8. The maximum absolute atomic E-state index is 12.7. The molecule has 0 aliphatic carbocycles. The van der Waals surface area contributed by atoms with Crippen LogP contribution in [-0.4, -0.2) is 24.6 Å². The number of carbonyl (C=O) groups excluding carboxylic acids is 1. The Bertz CT molecular complexity index is 1140. The number of nitrogens with zero attached hydrogens (tertiary/aromatic N) is 3. The lowest BCUT2D eigenvalue weighted by Gasteiger charge is -2.15. The topological polar surface area (TPSA) is 61.1 Å². The summed E-state index contributed by atoms with van der Waals surface area (Å²) in [4.78, 5) is 14.7. The van der Waals surface area contributed by atoms with Gasteiger partial charge in [0.15, 0.2) is 0 Å². The van der Waals surface area contributed by atoms with Gasteiger partial charge in [-0.3, -0.25) is 4.79 Å². The third-order valence-electron chi connectivity index (χ3n) is 5.15. The van der Waals surface area contributed by atoms with Gasteiger partial charge in [0.25, 0.3) is 5.91 Å². The number of hydrogen-bond donors (Lipinski definition) is 1. The van der Waals surface area contributed by atoms with Gasteiger partial charge in [0, 0.05) is 42.5 Å². The lowest BCUT2D eigenvalue weighted by Crippen LogP contribution is -2.14. The molecule has 0 radical (unpaired) electrons. The SMILES string of the molecule is Cc1ccccc1NC(=O)C(C#N)=Cc1cc(C)n(-c2ccc(N(C)C)cc2)c1C. The Morgan fingerprint density at radius 3 is 2.33 bits per heavy atom. The molecule has 0 atom stereocenters. The summed E-state index contributed by atoms with van der Waals surface area (Å²) in [5.74, 6) is -0.410. The molecule has 0 unspecified atom stereocenters. The number of aromatic nitrogens is 1. The van der Waals surface area contributed by atoms with Crippen molar-refractivity contribution in [3.05, 3.63) is 82.7 Å². The van der Waals surface area contributed by atoms with E-state index in [1.165, 1.54) is 0 Å². The van der Waals surface area contributed by atoms with Crippen molar-refractivity contribution in [2.45, 2.75) is 20.8 Å². The van der Waals surface area contributed by atoms with Gasteiger partial charge in [-0.2, -0.15) is 5.26 Å². The van der Waals surface area contributed by atoms with Gasteiger partial charge >= 0.3 is 0 Å². The minimum absolute atomic E-state index is 0.0708. The highest BCUT2D eigenvalue weighted by Gasteiger charge is 2.14. The van der Waals surface area contributed by atoms with E-state index in [4.69, 9.17) is 0 Å². The highest BCUT2D eigenvalue weighted by atomic mass is 16.1. The molecule has 0 bridgehead atoms. The Hall–Kier alpha value is -3.78. The van der Waals surface area contributed by atoms with Crippen LogP contribution in [0, 0.1) is 32.1 Å². The van der Waals surface area contributed by atoms with Gasteiger partial charge in [0.2, 0.25) is 0 Å². The van der Waals surface area contributed by atoms with E-state index in [1.54, 1.807) is 6.08 Å². The lowest BCUT2D eigenvalue weighted by atomic mass is 10.1. The highest BCUT2D eigenvalue weighted by molar-refractivity contribution is 6.10. The number of rotatable bonds is 5. The van der Waals surface area contributed by atoms with Crippen LogP contribution in [0.15, 0.2) is 60.2 Å². The van der Waals surface area contributed by atoms with Gasteiger partial charge in [-0.15, -0.1) is 0 Å². The fourth-order valence-electron chi connectivity index (χ4n) is 3.44. The molecule has 1 aromatic heterocycles. The number of hydrogen-bond acceptors (Lipinski definition) is 3. The van der Waals surface area contributed by atoms with E-state index in [0.29, 0.717) is 5.69 Å². The average molecular weight is 399 g/mol. The van der Waals surface area contributed by atoms with Crippen molar-refractivity contribution in [2.24, 2.45) is 0 Å². The van der Waals surface area contributed by atoms with E-state index in [2.05, 4.69) is 39.0 Å². The van der Waals surface area contributed by atoms with Gasteiger partial charge in [-0.05, 0) is 74.4 Å². The first-order valence-electron chi connectivity index (χ1n) is 9.77. The van der Waals surface area contributed by atoms with Crippen LogP contribution in [0.4, 0.5) is 11.4 Å². The Labute approximate surface area is 177 Å². The number of nitrogens with one attached hydrogen (secondary N) is 1. The zero-order valence-corrected chi connectivity index (χ0v) is 18.0. The van der Waals surface area contributed by atoms with Crippen LogP contribution in [-0.2, 0) is 4.79 Å². The Morgan fingerprint density at radius 2 is 1.73 bits per heavy atom. The zero-order valence-electron chi connectivity index (χ0n) is 18.0. The Kier molecular flexibility index (Phi) is 6.08. The van der Waals surface area contributed by atoms with Crippen molar-refractivity contribution >= 4 is 23.4 Å². The molecule has 152 valence electrons. The maximum Gasteiger partial charge on any atom is 0.266 e. The van der Waals surface area contributed by atoms with Crippen LogP contribution in [0.5, 0.6) is 0 Å². The summed E-state index contributed by atoms with van der Waals surface area (Å²) in [5, 5.41) is 12.4. The minimum atomic E-state index is -0.410. The summed E-state index contributed by atoms with van der Waals surface area (Å²) >= 11 is 0. The van der Waals surface area contributed by atoms with Gasteiger partial charge in [0.1, 0.15) is 11.6 Å². The quantitative estimate of drug-likeness (QED) is 0.485. The third-order valence-corrected chi connectivity index (χ3v) is 5.15. The standard InChI is InChI=1S/C25H26N4O/c1-17-8-6-7-9-24(17)27-25(30)21(16-26)15-20-14-18(2)29(19(20)3)23-12-10-22(11-13-23)28(4)5/h6-15H,1-5H3,(H,27,30). The maximum atomic E-state index is 12.7. The van der Waals surface area contributed by atoms with E-state index in [0.717, 1.165) is 33.9 Å². The Balaban J connectivity index is 1.92. The van der Waals surface area contributed by atoms with E-state index >= 15 is 0 Å². The number of nitriles is 1. The van der Waals surface area contributed by atoms with Crippen LogP contribution in [0.1, 0.15) is 22.5 Å². The van der Waals surface area contributed by atoms with Gasteiger partial charge in [0.05, 0.1) is 0 Å². The van der Waals surface area contributed by atoms with Crippen molar-refractivity contribution in [1.82, 2.24) is 4.57 Å². The molecule has 1 amide bonds. The van der Waals surface area contributed by atoms with Crippen LogP contribution in [0.2, 0.25) is 0 Å². The fraction of sp³-hybridized carbons (Fsp3) is 0.200. The second-order valence-electron chi connectivity index (χ2n) is 7.51. The number of carbonyl (C=O) groups is 1. The molecule has 3 aromatic rings. The monoisotopic (exact) mass is 398 g/mol. The molecule has 0 fully saturated rings. The molecule has 5 heteroatoms. The summed E-state index contributed by atoms with van der Waals surface area (Å²) in [7, 11) is 4.02. The summed E-state index contributed by atoms with van der Waals surface area (Å²) in [6.45, 7) is 5.93. The average Bonchev–Trinajstić information content (AvgIpc) is 3.00. The number of aryl methyl sites for hydroxylation is 2. The molecule has 5 nitrogen and oxygen atoms in total. The molecular formula is C25H26N4O. The summed E-state index contributed by atoms with van der Waals surface area (Å²) < 4.78 is 2.12. The highest BCUT2D eigenvalue weighted by Crippen LogP contribution is 2.25. The van der Waals surface area contributed by atoms with Crippen molar-refractivity contribution in [2.75, 3.05) is 24.3 Å². The first kappa shape index (κ1) is 20.9. The van der Waals surface area contributed by atoms with Gasteiger partial charge in [-0.25, -0.2) is 0 Å². The predicted molar refractivity (Wildman–Crippen MR) is 123 cm³/mol. The number of para-hydroxylation sites is 1. The summed E-state index contributed by atoms with van der Waals surface area (Å²) in [6.07, 6.45) is 1.65. The van der Waals surface area contributed by atoms with E-state index < -0.39 is 5.91 Å². The molecule has 1 N–H and O–H groups in total. The fourth-order valence-corrected chi connectivity index (χ4v) is 3.44. The second kappa shape index (κ2) is 8.71. The van der Waals surface area contributed by atoms with Crippen LogP contribution >= 0.6 is 0 Å². The number of benzene rings is 2. The smallest absolute Gasteiger partial charge is 0.266 e. The molecule has 0 saturated heterocycles. The minimum Gasteiger partial charge on any atom is -0.378 e. The molecule has 30 heavy (non-hydrogen) atoms. The molecule has 0 saturated carbocycles. The summed E-state index contributed by atoms with van der Waals surface area (Å²) in [6, 6.07) is 19.8.